The third kappa shape index (κ3) is 4.67. The van der Waals surface area contributed by atoms with Crippen LogP contribution in [-0.4, -0.2) is 31.3 Å². The number of para-hydroxylation sites is 1. The zero-order chi connectivity index (χ0) is 18.9. The van der Waals surface area contributed by atoms with Crippen LogP contribution >= 0.6 is 0 Å². The summed E-state index contributed by atoms with van der Waals surface area (Å²) in [5.41, 5.74) is 3.14. The van der Waals surface area contributed by atoms with Crippen LogP contribution in [0.2, 0.25) is 0 Å². The summed E-state index contributed by atoms with van der Waals surface area (Å²) in [6.07, 6.45) is 4.36. The van der Waals surface area contributed by atoms with E-state index in [9.17, 15) is 14.9 Å². The van der Waals surface area contributed by atoms with E-state index in [1.54, 1.807) is 30.3 Å². The molecule has 0 bridgehead atoms. The second-order valence-corrected chi connectivity index (χ2v) is 4.96. The average molecular weight is 355 g/mol. The van der Waals surface area contributed by atoms with Crippen molar-refractivity contribution in [3.8, 4) is 11.5 Å². The molecule has 8 nitrogen and oxygen atoms in total. The molecule has 0 heterocycles. The molecule has 26 heavy (non-hydrogen) atoms. The van der Waals surface area contributed by atoms with Crippen LogP contribution in [0, 0.1) is 10.1 Å². The lowest BCUT2D eigenvalue weighted by molar-refractivity contribution is -0.385. The van der Waals surface area contributed by atoms with E-state index in [2.05, 4.69) is 10.5 Å². The number of nitrogens with zero attached hydrogens (tertiary/aromatic N) is 2. The Kier molecular flexibility index (Phi) is 6.44. The Labute approximate surface area is 149 Å². The molecule has 1 N–H and O–H groups in total. The highest BCUT2D eigenvalue weighted by atomic mass is 16.6. The summed E-state index contributed by atoms with van der Waals surface area (Å²) in [6, 6.07) is 11.0. The van der Waals surface area contributed by atoms with E-state index in [1.165, 1.54) is 44.7 Å². The Hall–Kier alpha value is -3.68. The molecule has 0 atom stereocenters. The van der Waals surface area contributed by atoms with Crippen molar-refractivity contribution in [2.45, 2.75) is 0 Å². The lowest BCUT2D eigenvalue weighted by Gasteiger charge is -2.08. The minimum Gasteiger partial charge on any atom is -0.493 e. The number of rotatable bonds is 7. The molecule has 0 radical (unpaired) electrons. The molecular weight excluding hydrogens is 338 g/mol. The molecule has 2 rings (SSSR count). The largest absolute Gasteiger partial charge is 0.493 e. The molecular formula is C18H17N3O5. The van der Waals surface area contributed by atoms with E-state index in [-0.39, 0.29) is 5.69 Å². The van der Waals surface area contributed by atoms with Gasteiger partial charge >= 0.3 is 0 Å². The quantitative estimate of drug-likeness (QED) is 0.467. The van der Waals surface area contributed by atoms with E-state index >= 15 is 0 Å². The maximum Gasteiger partial charge on any atom is 0.276 e. The van der Waals surface area contributed by atoms with E-state index in [4.69, 9.17) is 9.47 Å². The van der Waals surface area contributed by atoms with Gasteiger partial charge in [-0.15, -0.1) is 0 Å². The van der Waals surface area contributed by atoms with Gasteiger partial charge in [-0.05, 0) is 36.4 Å². The second kappa shape index (κ2) is 8.97. The third-order valence-corrected chi connectivity index (χ3v) is 3.38. The molecule has 0 saturated heterocycles. The van der Waals surface area contributed by atoms with Crippen LogP contribution in [0.1, 0.15) is 15.9 Å². The summed E-state index contributed by atoms with van der Waals surface area (Å²) in [4.78, 5) is 22.5. The van der Waals surface area contributed by atoms with Crippen molar-refractivity contribution in [2.24, 2.45) is 5.10 Å². The summed E-state index contributed by atoms with van der Waals surface area (Å²) in [7, 11) is 2.98. The lowest BCUT2D eigenvalue weighted by Crippen LogP contribution is -2.17. The Balaban J connectivity index is 2.00. The van der Waals surface area contributed by atoms with Gasteiger partial charge in [0.1, 0.15) is 0 Å². The predicted octanol–water partition coefficient (Wildman–Crippen LogP) is 3.04. The summed E-state index contributed by atoms with van der Waals surface area (Å²) >= 11 is 0. The van der Waals surface area contributed by atoms with Gasteiger partial charge in [-0.1, -0.05) is 12.1 Å². The number of hydrogen-bond acceptors (Lipinski definition) is 6. The van der Waals surface area contributed by atoms with Crippen LogP contribution in [0.4, 0.5) is 5.69 Å². The van der Waals surface area contributed by atoms with Crippen molar-refractivity contribution in [1.29, 1.82) is 0 Å². The minimum absolute atomic E-state index is 0.00786. The zero-order valence-corrected chi connectivity index (χ0v) is 14.2. The van der Waals surface area contributed by atoms with Gasteiger partial charge in [-0.2, -0.15) is 5.10 Å². The average Bonchev–Trinajstić information content (AvgIpc) is 2.67. The number of ether oxygens (including phenoxy) is 2. The number of allylic oxidation sites excluding steroid dienone is 1. The number of hydrogen-bond donors (Lipinski definition) is 1. The van der Waals surface area contributed by atoms with Crippen molar-refractivity contribution in [3.63, 3.8) is 0 Å². The van der Waals surface area contributed by atoms with Gasteiger partial charge in [0.05, 0.1) is 24.7 Å². The first-order valence-corrected chi connectivity index (χ1v) is 7.52. The predicted molar refractivity (Wildman–Crippen MR) is 97.6 cm³/mol. The molecule has 8 heteroatoms. The summed E-state index contributed by atoms with van der Waals surface area (Å²) in [5, 5.41) is 14.7. The van der Waals surface area contributed by atoms with E-state index in [0.717, 1.165) is 0 Å². The first-order chi connectivity index (χ1) is 12.6. The van der Waals surface area contributed by atoms with Gasteiger partial charge in [0.15, 0.2) is 11.5 Å². The molecule has 0 aliphatic carbocycles. The molecule has 0 fully saturated rings. The second-order valence-electron chi connectivity index (χ2n) is 4.96. The summed E-state index contributed by atoms with van der Waals surface area (Å²) < 4.78 is 10.2. The van der Waals surface area contributed by atoms with E-state index in [0.29, 0.717) is 22.6 Å². The number of benzene rings is 2. The van der Waals surface area contributed by atoms with Crippen LogP contribution < -0.4 is 14.9 Å². The number of methoxy groups -OCH3 is 2. The van der Waals surface area contributed by atoms with Crippen molar-refractivity contribution in [2.75, 3.05) is 14.2 Å². The third-order valence-electron chi connectivity index (χ3n) is 3.38. The molecule has 2 aromatic carbocycles. The standard InChI is InChI=1S/C18H17N3O5/c1-25-16-10-9-14(12-17(16)26-2)18(22)20-19-11-5-7-13-6-3-4-8-15(13)21(23)24/h3-12H,1-2H3,(H,20,22)/b7-5+,19-11+. The topological polar surface area (TPSA) is 103 Å². The first kappa shape index (κ1) is 18.7. The number of nitrogens with one attached hydrogen (secondary N) is 1. The van der Waals surface area contributed by atoms with E-state index in [1.807, 2.05) is 0 Å². The Bertz CT molecular complexity index is 862. The normalized spacial score (nSPS) is 10.8. The molecule has 0 aliphatic rings. The van der Waals surface area contributed by atoms with Crippen LogP contribution in [0.25, 0.3) is 6.08 Å². The van der Waals surface area contributed by atoms with Gasteiger partial charge in [0.2, 0.25) is 0 Å². The minimum atomic E-state index is -0.463. The van der Waals surface area contributed by atoms with Crippen molar-refractivity contribution >= 4 is 23.9 Å². The highest BCUT2D eigenvalue weighted by Gasteiger charge is 2.10. The molecule has 0 spiro atoms. The first-order valence-electron chi connectivity index (χ1n) is 7.52. The number of hydrazone groups is 1. The van der Waals surface area contributed by atoms with Crippen molar-refractivity contribution in [3.05, 3.63) is 69.8 Å². The number of amides is 1. The van der Waals surface area contributed by atoms with Gasteiger partial charge in [0.25, 0.3) is 11.6 Å². The SMILES string of the molecule is COc1ccc(C(=O)N/N=C/C=C/c2ccccc2[N+](=O)[O-])cc1OC. The van der Waals surface area contributed by atoms with Gasteiger partial charge < -0.3 is 9.47 Å². The Morgan fingerprint density at radius 1 is 1.15 bits per heavy atom. The number of nitro benzene ring substituents is 1. The monoisotopic (exact) mass is 355 g/mol. The van der Waals surface area contributed by atoms with E-state index < -0.39 is 10.8 Å². The molecule has 1 amide bonds. The maximum absolute atomic E-state index is 12.1. The van der Waals surface area contributed by atoms with Crippen LogP contribution in [0.15, 0.2) is 53.6 Å². The summed E-state index contributed by atoms with van der Waals surface area (Å²) in [6.45, 7) is 0. The Morgan fingerprint density at radius 2 is 1.88 bits per heavy atom. The molecule has 0 unspecified atom stereocenters. The van der Waals surface area contributed by atoms with Crippen molar-refractivity contribution < 1.29 is 19.2 Å². The van der Waals surface area contributed by atoms with Crippen LogP contribution in [0.3, 0.4) is 0 Å². The Morgan fingerprint density at radius 3 is 2.58 bits per heavy atom. The molecule has 2 aromatic rings. The molecule has 0 aromatic heterocycles. The molecule has 0 aliphatic heterocycles. The van der Waals surface area contributed by atoms with Gasteiger partial charge in [0, 0.05) is 17.8 Å². The van der Waals surface area contributed by atoms with Crippen LogP contribution in [-0.2, 0) is 0 Å². The zero-order valence-electron chi connectivity index (χ0n) is 14.2. The fourth-order valence-corrected chi connectivity index (χ4v) is 2.12. The number of carbonyl (C=O) groups is 1. The summed E-state index contributed by atoms with van der Waals surface area (Å²) in [5.74, 6) is 0.515. The lowest BCUT2D eigenvalue weighted by atomic mass is 10.1. The number of nitro groups is 1. The fraction of sp³-hybridized carbons (Fsp3) is 0.111. The van der Waals surface area contributed by atoms with Crippen molar-refractivity contribution in [1.82, 2.24) is 5.43 Å². The van der Waals surface area contributed by atoms with Gasteiger partial charge in [-0.3, -0.25) is 14.9 Å². The number of carbonyl (C=O) groups excluding carboxylic acids is 1. The molecule has 0 saturated carbocycles. The highest BCUT2D eigenvalue weighted by Crippen LogP contribution is 2.27. The maximum atomic E-state index is 12.1. The smallest absolute Gasteiger partial charge is 0.276 e. The van der Waals surface area contributed by atoms with Crippen LogP contribution in [0.5, 0.6) is 11.5 Å². The fourth-order valence-electron chi connectivity index (χ4n) is 2.12. The highest BCUT2D eigenvalue weighted by molar-refractivity contribution is 5.95. The molecule has 134 valence electrons. The van der Waals surface area contributed by atoms with Gasteiger partial charge in [-0.25, -0.2) is 5.43 Å².